The van der Waals surface area contributed by atoms with Crippen LogP contribution in [0.2, 0.25) is 0 Å². The fraction of sp³-hybridized carbons (Fsp3) is 0.362. The van der Waals surface area contributed by atoms with Gasteiger partial charge in [0.2, 0.25) is 0 Å². The Labute approximate surface area is 287 Å². The first-order chi connectivity index (χ1) is 23.4. The molecule has 5 aromatic rings. The number of hydrogen-bond donors (Lipinski definition) is 0. The molecule has 4 fully saturated rings. The maximum Gasteiger partial charge on any atom is 0.0496 e. The van der Waals surface area contributed by atoms with Gasteiger partial charge in [-0.2, -0.15) is 0 Å². The molecule has 11 rings (SSSR count). The van der Waals surface area contributed by atoms with Crippen molar-refractivity contribution in [1.82, 2.24) is 0 Å². The molecule has 0 aromatic heterocycles. The van der Waals surface area contributed by atoms with Gasteiger partial charge in [0.05, 0.1) is 0 Å². The number of nitrogens with zero attached hydrogens (tertiary/aromatic N) is 1. The molecule has 0 radical (unpaired) electrons. The van der Waals surface area contributed by atoms with Crippen LogP contribution in [0.3, 0.4) is 0 Å². The van der Waals surface area contributed by atoms with Gasteiger partial charge in [0, 0.05) is 22.5 Å². The Bertz CT molecular complexity index is 1990. The highest BCUT2D eigenvalue weighted by atomic mass is 15.1. The summed E-state index contributed by atoms with van der Waals surface area (Å²) in [6.07, 6.45) is 13.7. The Morgan fingerprint density at radius 3 is 1.92 bits per heavy atom. The van der Waals surface area contributed by atoms with Crippen LogP contribution in [-0.2, 0) is 23.7 Å². The second kappa shape index (κ2) is 10.7. The quantitative estimate of drug-likeness (QED) is 0.188. The lowest BCUT2D eigenvalue weighted by atomic mass is 9.48. The number of fused-ring (bicyclic) bond motifs is 4. The first kappa shape index (κ1) is 28.9. The van der Waals surface area contributed by atoms with Gasteiger partial charge in [0.1, 0.15) is 0 Å². The van der Waals surface area contributed by atoms with Crippen LogP contribution in [0.25, 0.3) is 22.3 Å². The van der Waals surface area contributed by atoms with Crippen LogP contribution < -0.4 is 4.90 Å². The van der Waals surface area contributed by atoms with Crippen molar-refractivity contribution < 1.29 is 0 Å². The monoisotopic (exact) mass is 625 g/mol. The minimum absolute atomic E-state index is 0.0318. The molecule has 48 heavy (non-hydrogen) atoms. The third-order valence-corrected chi connectivity index (χ3v) is 13.4. The lowest BCUT2D eigenvalue weighted by Gasteiger charge is -2.57. The smallest absolute Gasteiger partial charge is 0.0496 e. The highest BCUT2D eigenvalue weighted by Crippen LogP contribution is 2.61. The van der Waals surface area contributed by atoms with Crippen LogP contribution in [0.1, 0.15) is 93.0 Å². The van der Waals surface area contributed by atoms with Gasteiger partial charge in [-0.25, -0.2) is 0 Å². The molecule has 0 spiro atoms. The first-order valence-corrected chi connectivity index (χ1v) is 18.8. The zero-order valence-electron chi connectivity index (χ0n) is 28.6. The van der Waals surface area contributed by atoms with Gasteiger partial charge in [-0.05, 0) is 168 Å². The lowest BCUT2D eigenvalue weighted by Crippen LogP contribution is -2.48. The Morgan fingerprint density at radius 2 is 1.19 bits per heavy atom. The molecule has 1 nitrogen and oxygen atoms in total. The molecule has 0 saturated heterocycles. The summed E-state index contributed by atoms with van der Waals surface area (Å²) in [5, 5.41) is 0. The number of aryl methyl sites for hydroxylation is 1. The van der Waals surface area contributed by atoms with Gasteiger partial charge in [0.25, 0.3) is 0 Å². The van der Waals surface area contributed by atoms with Gasteiger partial charge < -0.3 is 4.90 Å². The van der Waals surface area contributed by atoms with E-state index in [9.17, 15) is 0 Å². The molecule has 0 aliphatic heterocycles. The fourth-order valence-electron chi connectivity index (χ4n) is 11.5. The molecule has 6 aliphatic rings. The summed E-state index contributed by atoms with van der Waals surface area (Å²) >= 11 is 0. The standard InChI is InChI=1S/C47H47N/c1-46(2)43-12-6-5-11-41(43)42-23-22-39(27-44(42)46)48(45-13-7-9-36-8-3-4-10-40(36)45)38-20-16-35(17-21-38)34-14-18-37(19-15-34)47-28-31-24-32(29-47)26-33(25-31)30-47/h5-7,9,11-23,27,31-33H,3-4,8,10,24-26,28-30H2,1-2H3. The summed E-state index contributed by atoms with van der Waals surface area (Å²) < 4.78 is 0. The van der Waals surface area contributed by atoms with E-state index in [0.717, 1.165) is 24.2 Å². The van der Waals surface area contributed by atoms with Crippen LogP contribution in [0.5, 0.6) is 0 Å². The highest BCUT2D eigenvalue weighted by molar-refractivity contribution is 5.86. The zero-order chi connectivity index (χ0) is 32.0. The van der Waals surface area contributed by atoms with E-state index in [1.165, 1.54) is 119 Å². The maximum absolute atomic E-state index is 2.55. The number of benzene rings is 5. The fourth-order valence-corrected chi connectivity index (χ4v) is 11.5. The second-order valence-electron chi connectivity index (χ2n) is 16.7. The largest absolute Gasteiger partial charge is 0.310 e. The summed E-state index contributed by atoms with van der Waals surface area (Å²) in [4.78, 5) is 2.55. The molecule has 0 heterocycles. The van der Waals surface area contributed by atoms with Crippen LogP contribution in [-0.4, -0.2) is 0 Å². The Kier molecular flexibility index (Phi) is 6.44. The Hall–Kier alpha value is -4.10. The van der Waals surface area contributed by atoms with Crippen molar-refractivity contribution in [3.63, 3.8) is 0 Å². The predicted molar refractivity (Wildman–Crippen MR) is 201 cm³/mol. The molecule has 4 bridgehead atoms. The normalized spacial score (nSPS) is 25.8. The van der Waals surface area contributed by atoms with E-state index >= 15 is 0 Å². The van der Waals surface area contributed by atoms with E-state index in [4.69, 9.17) is 0 Å². The molecule has 6 aliphatic carbocycles. The van der Waals surface area contributed by atoms with Crippen molar-refractivity contribution in [2.75, 3.05) is 4.90 Å². The van der Waals surface area contributed by atoms with Crippen molar-refractivity contribution in [1.29, 1.82) is 0 Å². The third-order valence-electron chi connectivity index (χ3n) is 13.4. The van der Waals surface area contributed by atoms with Crippen LogP contribution >= 0.6 is 0 Å². The maximum atomic E-state index is 2.55. The summed E-state index contributed by atoms with van der Waals surface area (Å²) in [5.41, 5.74) is 17.2. The van der Waals surface area contributed by atoms with Gasteiger partial charge in [-0.1, -0.05) is 92.7 Å². The van der Waals surface area contributed by atoms with Gasteiger partial charge in [-0.15, -0.1) is 0 Å². The average Bonchev–Trinajstić information content (AvgIpc) is 3.34. The zero-order valence-corrected chi connectivity index (χ0v) is 28.6. The predicted octanol–water partition coefficient (Wildman–Crippen LogP) is 12.5. The number of rotatable bonds is 5. The summed E-state index contributed by atoms with van der Waals surface area (Å²) in [6.45, 7) is 4.78. The molecule has 4 saturated carbocycles. The molecule has 5 aromatic carbocycles. The van der Waals surface area contributed by atoms with Crippen LogP contribution in [0.4, 0.5) is 17.1 Å². The van der Waals surface area contributed by atoms with Crippen LogP contribution in [0, 0.1) is 17.8 Å². The molecular formula is C47H47N. The molecule has 240 valence electrons. The number of anilines is 3. The average molecular weight is 626 g/mol. The summed E-state index contributed by atoms with van der Waals surface area (Å²) in [5.74, 6) is 2.94. The summed E-state index contributed by atoms with van der Waals surface area (Å²) in [7, 11) is 0. The third kappa shape index (κ3) is 4.42. The minimum Gasteiger partial charge on any atom is -0.310 e. The van der Waals surface area contributed by atoms with Crippen molar-refractivity contribution in [2.45, 2.75) is 88.9 Å². The van der Waals surface area contributed by atoms with Crippen molar-refractivity contribution >= 4 is 17.1 Å². The van der Waals surface area contributed by atoms with Crippen molar-refractivity contribution in [2.24, 2.45) is 17.8 Å². The lowest BCUT2D eigenvalue weighted by molar-refractivity contribution is -0.00518. The van der Waals surface area contributed by atoms with Gasteiger partial charge in [0.15, 0.2) is 0 Å². The molecule has 0 amide bonds. The van der Waals surface area contributed by atoms with Gasteiger partial charge >= 0.3 is 0 Å². The minimum atomic E-state index is -0.0318. The Balaban J connectivity index is 1.02. The Morgan fingerprint density at radius 1 is 0.562 bits per heavy atom. The van der Waals surface area contributed by atoms with E-state index in [1.54, 1.807) is 5.56 Å². The summed E-state index contributed by atoms with van der Waals surface area (Å²) in [6, 6.07) is 42.4. The topological polar surface area (TPSA) is 3.24 Å². The van der Waals surface area contributed by atoms with Crippen molar-refractivity contribution in [3.05, 3.63) is 137 Å². The molecule has 0 unspecified atom stereocenters. The van der Waals surface area contributed by atoms with E-state index < -0.39 is 0 Å². The second-order valence-corrected chi connectivity index (χ2v) is 16.7. The molecular weight excluding hydrogens is 579 g/mol. The number of hydrogen-bond acceptors (Lipinski definition) is 1. The molecule has 0 atom stereocenters. The van der Waals surface area contributed by atoms with Crippen molar-refractivity contribution in [3.8, 4) is 22.3 Å². The highest BCUT2D eigenvalue weighted by Gasteiger charge is 2.51. The van der Waals surface area contributed by atoms with E-state index in [2.05, 4.69) is 128 Å². The first-order valence-electron chi connectivity index (χ1n) is 18.8. The van der Waals surface area contributed by atoms with E-state index in [0.29, 0.717) is 5.41 Å². The molecule has 1 heteroatoms. The SMILES string of the molecule is CC1(C)c2ccccc2-c2ccc(N(c3ccc(-c4ccc(C56CC7CC(CC(C7)C5)C6)cc4)cc3)c3cccc4c3CCCC4)cc21. The van der Waals surface area contributed by atoms with E-state index in [-0.39, 0.29) is 5.41 Å². The van der Waals surface area contributed by atoms with E-state index in [1.807, 2.05) is 0 Å². The molecule has 0 N–H and O–H groups in total. The van der Waals surface area contributed by atoms with Crippen LogP contribution in [0.15, 0.2) is 109 Å². The van der Waals surface area contributed by atoms with Gasteiger partial charge in [-0.3, -0.25) is 0 Å².